The molecule has 1 heterocycles. The minimum absolute atomic E-state index is 0.129. The van der Waals surface area contributed by atoms with Crippen LogP contribution in [-0.2, 0) is 16.1 Å². The van der Waals surface area contributed by atoms with Crippen LogP contribution in [-0.4, -0.2) is 23.5 Å². The Morgan fingerprint density at radius 2 is 1.77 bits per heavy atom. The molecule has 1 aromatic heterocycles. The third-order valence-corrected chi connectivity index (χ3v) is 3.42. The van der Waals surface area contributed by atoms with Gasteiger partial charge in [0.05, 0.1) is 6.20 Å². The van der Waals surface area contributed by atoms with Gasteiger partial charge in [0.15, 0.2) is 19.0 Å². The molecule has 0 spiro atoms. The number of aromatic nitrogens is 1. The summed E-state index contributed by atoms with van der Waals surface area (Å²) in [6, 6.07) is 15.9. The first kappa shape index (κ1) is 17.2. The lowest BCUT2D eigenvalue weighted by Crippen LogP contribution is -2.21. The van der Waals surface area contributed by atoms with Crippen LogP contribution in [0, 0.1) is 0 Å². The number of oxazole rings is 1. The topological polar surface area (TPSA) is 105 Å². The molecule has 0 atom stereocenters. The maximum absolute atomic E-state index is 12.3. The highest BCUT2D eigenvalue weighted by atomic mass is 16.5. The minimum Gasteiger partial charge on any atom is -0.483 e. The molecule has 0 bridgehead atoms. The molecule has 0 fully saturated rings. The Bertz CT molecular complexity index is 905. The van der Waals surface area contributed by atoms with E-state index < -0.39 is 11.9 Å². The summed E-state index contributed by atoms with van der Waals surface area (Å²) >= 11 is 0. The number of esters is 1. The van der Waals surface area contributed by atoms with Crippen LogP contribution in [0.5, 0.6) is 5.75 Å². The number of benzene rings is 2. The van der Waals surface area contributed by atoms with Gasteiger partial charge in [0.25, 0.3) is 5.91 Å². The fourth-order valence-electron chi connectivity index (χ4n) is 2.23. The van der Waals surface area contributed by atoms with Crippen molar-refractivity contribution in [2.75, 3.05) is 6.61 Å². The molecule has 132 valence electrons. The Labute approximate surface area is 149 Å². The van der Waals surface area contributed by atoms with E-state index in [0.29, 0.717) is 5.76 Å². The zero-order valence-corrected chi connectivity index (χ0v) is 13.8. The molecule has 0 radical (unpaired) electrons. The molecule has 3 aromatic rings. The highest BCUT2D eigenvalue weighted by Crippen LogP contribution is 2.22. The van der Waals surface area contributed by atoms with Crippen molar-refractivity contribution < 1.29 is 23.5 Å². The maximum Gasteiger partial charge on any atom is 0.342 e. The average molecular weight is 352 g/mol. The van der Waals surface area contributed by atoms with E-state index in [9.17, 15) is 9.59 Å². The van der Waals surface area contributed by atoms with Crippen LogP contribution in [0.4, 0.5) is 0 Å². The molecule has 26 heavy (non-hydrogen) atoms. The van der Waals surface area contributed by atoms with Gasteiger partial charge in [-0.05, 0) is 12.1 Å². The number of rotatable bonds is 7. The Balaban J connectivity index is 1.65. The minimum atomic E-state index is -0.638. The van der Waals surface area contributed by atoms with Crippen molar-refractivity contribution in [1.82, 2.24) is 4.98 Å². The summed E-state index contributed by atoms with van der Waals surface area (Å²) < 4.78 is 16.0. The third-order valence-electron chi connectivity index (χ3n) is 3.42. The van der Waals surface area contributed by atoms with Gasteiger partial charge >= 0.3 is 5.97 Å². The van der Waals surface area contributed by atoms with E-state index in [1.54, 1.807) is 24.4 Å². The summed E-state index contributed by atoms with van der Waals surface area (Å²) in [5.41, 5.74) is 6.11. The number of nitrogens with zero attached hydrogens (tertiary/aromatic N) is 1. The SMILES string of the molecule is NC(=O)COc1ccccc1C(=O)OCc1ncc(-c2ccccc2)o1. The molecule has 7 nitrogen and oxygen atoms in total. The first-order chi connectivity index (χ1) is 12.6. The average Bonchev–Trinajstić information content (AvgIpc) is 3.14. The van der Waals surface area contributed by atoms with E-state index in [-0.39, 0.29) is 30.4 Å². The number of hydrogen-bond acceptors (Lipinski definition) is 6. The van der Waals surface area contributed by atoms with Gasteiger partial charge in [-0.2, -0.15) is 0 Å². The van der Waals surface area contributed by atoms with Crippen LogP contribution in [0.2, 0.25) is 0 Å². The van der Waals surface area contributed by atoms with Gasteiger partial charge in [-0.3, -0.25) is 4.79 Å². The van der Waals surface area contributed by atoms with E-state index in [1.165, 1.54) is 6.07 Å². The number of ether oxygens (including phenoxy) is 2. The zero-order chi connectivity index (χ0) is 18.4. The van der Waals surface area contributed by atoms with E-state index in [1.807, 2.05) is 30.3 Å². The first-order valence-corrected chi connectivity index (χ1v) is 7.81. The Morgan fingerprint density at radius 3 is 2.54 bits per heavy atom. The largest absolute Gasteiger partial charge is 0.483 e. The highest BCUT2D eigenvalue weighted by molar-refractivity contribution is 5.92. The summed E-state index contributed by atoms with van der Waals surface area (Å²) in [5, 5.41) is 0. The van der Waals surface area contributed by atoms with E-state index in [2.05, 4.69) is 4.98 Å². The Hall–Kier alpha value is -3.61. The van der Waals surface area contributed by atoms with Crippen LogP contribution in [0.25, 0.3) is 11.3 Å². The normalized spacial score (nSPS) is 10.3. The number of hydrogen-bond donors (Lipinski definition) is 1. The van der Waals surface area contributed by atoms with Crippen LogP contribution < -0.4 is 10.5 Å². The first-order valence-electron chi connectivity index (χ1n) is 7.81. The predicted octanol–water partition coefficient (Wildman–Crippen LogP) is 2.56. The van der Waals surface area contributed by atoms with Crippen molar-refractivity contribution >= 4 is 11.9 Å². The number of para-hydroxylation sites is 1. The lowest BCUT2D eigenvalue weighted by Gasteiger charge is -2.09. The fourth-order valence-corrected chi connectivity index (χ4v) is 2.23. The van der Waals surface area contributed by atoms with Gasteiger partial charge < -0.3 is 19.6 Å². The Kier molecular flexibility index (Phi) is 5.28. The predicted molar refractivity (Wildman–Crippen MR) is 92.2 cm³/mol. The van der Waals surface area contributed by atoms with Gasteiger partial charge in [-0.15, -0.1) is 0 Å². The van der Waals surface area contributed by atoms with Gasteiger partial charge in [-0.25, -0.2) is 9.78 Å². The number of nitrogens with two attached hydrogens (primary N) is 1. The van der Waals surface area contributed by atoms with Crippen LogP contribution >= 0.6 is 0 Å². The molecule has 3 rings (SSSR count). The van der Waals surface area contributed by atoms with Crippen molar-refractivity contribution in [3.63, 3.8) is 0 Å². The molecule has 0 aliphatic rings. The fraction of sp³-hybridized carbons (Fsp3) is 0.105. The molecule has 0 saturated carbocycles. The second-order valence-electron chi connectivity index (χ2n) is 5.31. The van der Waals surface area contributed by atoms with Crippen LogP contribution in [0.15, 0.2) is 65.2 Å². The molecule has 2 aromatic carbocycles. The second-order valence-corrected chi connectivity index (χ2v) is 5.31. The van der Waals surface area contributed by atoms with Crippen LogP contribution in [0.3, 0.4) is 0 Å². The standard InChI is InChI=1S/C19H16N2O5/c20-17(22)11-24-15-9-5-4-8-14(15)19(23)25-12-18-21-10-16(26-18)13-6-2-1-3-7-13/h1-10H,11-12H2,(H2,20,22). The Morgan fingerprint density at radius 1 is 1.04 bits per heavy atom. The molecule has 0 saturated heterocycles. The van der Waals surface area contributed by atoms with E-state index in [4.69, 9.17) is 19.6 Å². The summed E-state index contributed by atoms with van der Waals surface area (Å²) in [7, 11) is 0. The smallest absolute Gasteiger partial charge is 0.342 e. The van der Waals surface area contributed by atoms with Gasteiger partial charge in [0.2, 0.25) is 5.89 Å². The van der Waals surface area contributed by atoms with Gasteiger partial charge in [-0.1, -0.05) is 42.5 Å². The zero-order valence-electron chi connectivity index (χ0n) is 13.8. The lowest BCUT2D eigenvalue weighted by atomic mass is 10.2. The maximum atomic E-state index is 12.3. The molecular weight excluding hydrogens is 336 g/mol. The van der Waals surface area contributed by atoms with Crippen molar-refractivity contribution in [2.24, 2.45) is 5.73 Å². The van der Waals surface area contributed by atoms with E-state index in [0.717, 1.165) is 5.56 Å². The quantitative estimate of drug-likeness (QED) is 0.655. The highest BCUT2D eigenvalue weighted by Gasteiger charge is 2.16. The number of amides is 1. The van der Waals surface area contributed by atoms with Crippen molar-refractivity contribution in [2.45, 2.75) is 6.61 Å². The molecule has 0 unspecified atom stereocenters. The third kappa shape index (κ3) is 4.27. The van der Waals surface area contributed by atoms with Gasteiger partial charge in [0.1, 0.15) is 11.3 Å². The van der Waals surface area contributed by atoms with Crippen LogP contribution in [0.1, 0.15) is 16.2 Å². The molecule has 1 amide bonds. The number of carbonyl (C=O) groups is 2. The van der Waals surface area contributed by atoms with Crippen molar-refractivity contribution in [3.8, 4) is 17.1 Å². The summed E-state index contributed by atoms with van der Waals surface area (Å²) in [6.45, 7) is -0.458. The lowest BCUT2D eigenvalue weighted by molar-refractivity contribution is -0.119. The summed E-state index contributed by atoms with van der Waals surface area (Å²) in [6.07, 6.45) is 1.57. The molecule has 7 heteroatoms. The molecule has 0 aliphatic heterocycles. The summed E-state index contributed by atoms with van der Waals surface area (Å²) in [5.74, 6) is -0.186. The number of carbonyl (C=O) groups excluding carboxylic acids is 2. The van der Waals surface area contributed by atoms with Crippen molar-refractivity contribution in [1.29, 1.82) is 0 Å². The molecule has 0 aliphatic carbocycles. The number of primary amides is 1. The molecular formula is C19H16N2O5. The van der Waals surface area contributed by atoms with Crippen molar-refractivity contribution in [3.05, 3.63) is 72.2 Å². The molecule has 2 N–H and O–H groups in total. The van der Waals surface area contributed by atoms with Gasteiger partial charge in [0, 0.05) is 5.56 Å². The monoisotopic (exact) mass is 352 g/mol. The summed E-state index contributed by atoms with van der Waals surface area (Å²) in [4.78, 5) is 27.2. The van der Waals surface area contributed by atoms with E-state index >= 15 is 0 Å². The second kappa shape index (κ2) is 7.98.